The molecule has 18 heavy (non-hydrogen) atoms. The quantitative estimate of drug-likeness (QED) is 0.617. The zero-order valence-corrected chi connectivity index (χ0v) is 8.97. The molecule has 0 atom stereocenters. The maximum absolute atomic E-state index is 13.1. The van der Waals surface area contributed by atoms with E-state index in [-0.39, 0.29) is 11.5 Å². The van der Waals surface area contributed by atoms with Crippen LogP contribution in [0.4, 0.5) is 14.5 Å². The van der Waals surface area contributed by atoms with Gasteiger partial charge in [-0.1, -0.05) is 6.07 Å². The molecule has 0 aliphatic heterocycles. The lowest BCUT2D eigenvalue weighted by atomic mass is 10.3. The fourth-order valence-electron chi connectivity index (χ4n) is 1.38. The Bertz CT molecular complexity index is 602. The predicted molar refractivity (Wildman–Crippen MR) is 59.5 cm³/mol. The Kier molecular flexibility index (Phi) is 3.18. The van der Waals surface area contributed by atoms with Crippen molar-refractivity contribution in [3.8, 4) is 11.5 Å². The largest absolute Gasteiger partial charge is 0.457 e. The summed E-state index contributed by atoms with van der Waals surface area (Å²) in [5, 5.41) is 10.5. The number of non-ortho nitro benzene ring substituents is 1. The third-order valence-corrected chi connectivity index (χ3v) is 2.10. The SMILES string of the molecule is O=[N+]([O-])c1cc(F)cc(Oc2cccc(F)c2)c1. The normalized spacial score (nSPS) is 10.1. The highest BCUT2D eigenvalue weighted by atomic mass is 19.1. The van der Waals surface area contributed by atoms with Crippen LogP contribution in [0.15, 0.2) is 42.5 Å². The molecule has 0 amide bonds. The highest BCUT2D eigenvalue weighted by Gasteiger charge is 2.11. The molecule has 0 aliphatic carbocycles. The third-order valence-electron chi connectivity index (χ3n) is 2.10. The molecular weight excluding hydrogens is 244 g/mol. The Morgan fingerprint density at radius 3 is 2.39 bits per heavy atom. The van der Waals surface area contributed by atoms with Crippen LogP contribution in [0.2, 0.25) is 0 Å². The molecule has 0 saturated carbocycles. The molecule has 0 unspecified atom stereocenters. The number of halogens is 2. The summed E-state index contributed by atoms with van der Waals surface area (Å²) in [6.07, 6.45) is 0. The van der Waals surface area contributed by atoms with Crippen LogP contribution in [0, 0.1) is 21.7 Å². The zero-order valence-electron chi connectivity index (χ0n) is 8.97. The second-order valence-electron chi connectivity index (χ2n) is 3.46. The minimum atomic E-state index is -0.796. The lowest BCUT2D eigenvalue weighted by molar-refractivity contribution is -0.385. The summed E-state index contributed by atoms with van der Waals surface area (Å²) in [7, 11) is 0. The Hall–Kier alpha value is -2.50. The first kappa shape index (κ1) is 12.0. The first-order chi connectivity index (χ1) is 8.54. The third kappa shape index (κ3) is 2.79. The van der Waals surface area contributed by atoms with Gasteiger partial charge in [0.2, 0.25) is 0 Å². The van der Waals surface area contributed by atoms with Crippen LogP contribution in [-0.2, 0) is 0 Å². The molecule has 92 valence electrons. The molecule has 0 aromatic heterocycles. The molecule has 0 saturated heterocycles. The van der Waals surface area contributed by atoms with E-state index in [1.165, 1.54) is 18.2 Å². The summed E-state index contributed by atoms with van der Waals surface area (Å²) in [5.74, 6) is -1.24. The van der Waals surface area contributed by atoms with E-state index in [0.29, 0.717) is 0 Å². The summed E-state index contributed by atoms with van der Waals surface area (Å²) in [5.41, 5.74) is -0.429. The average molecular weight is 251 g/mol. The number of rotatable bonds is 3. The first-order valence-corrected chi connectivity index (χ1v) is 4.93. The predicted octanol–water partition coefficient (Wildman–Crippen LogP) is 3.67. The van der Waals surface area contributed by atoms with Gasteiger partial charge in [0.1, 0.15) is 23.1 Å². The molecule has 0 bridgehead atoms. The van der Waals surface area contributed by atoms with Gasteiger partial charge >= 0.3 is 0 Å². The number of ether oxygens (including phenoxy) is 1. The molecule has 0 fully saturated rings. The van der Waals surface area contributed by atoms with Crippen LogP contribution >= 0.6 is 0 Å². The summed E-state index contributed by atoms with van der Waals surface area (Å²) < 4.78 is 31.2. The smallest absolute Gasteiger partial charge is 0.276 e. The summed E-state index contributed by atoms with van der Waals surface area (Å²) in [4.78, 5) is 9.80. The van der Waals surface area contributed by atoms with Crippen LogP contribution in [0.25, 0.3) is 0 Å². The van der Waals surface area contributed by atoms with Crippen molar-refractivity contribution >= 4 is 5.69 Å². The van der Waals surface area contributed by atoms with E-state index in [0.717, 1.165) is 24.3 Å². The molecule has 2 aromatic rings. The minimum absolute atomic E-state index is 0.0627. The van der Waals surface area contributed by atoms with Gasteiger partial charge < -0.3 is 4.74 Å². The number of nitro groups is 1. The van der Waals surface area contributed by atoms with E-state index in [4.69, 9.17) is 4.74 Å². The van der Waals surface area contributed by atoms with Gasteiger partial charge in [-0.3, -0.25) is 10.1 Å². The van der Waals surface area contributed by atoms with Crippen molar-refractivity contribution in [1.29, 1.82) is 0 Å². The molecular formula is C12H7F2NO3. The molecule has 2 rings (SSSR count). The van der Waals surface area contributed by atoms with E-state index in [2.05, 4.69) is 0 Å². The summed E-state index contributed by atoms with van der Waals surface area (Å²) in [6, 6.07) is 8.01. The van der Waals surface area contributed by atoms with Gasteiger partial charge in [-0.2, -0.15) is 0 Å². The number of benzene rings is 2. The van der Waals surface area contributed by atoms with Crippen molar-refractivity contribution in [2.45, 2.75) is 0 Å². The molecule has 0 aliphatic rings. The van der Waals surface area contributed by atoms with Crippen LogP contribution < -0.4 is 4.74 Å². The monoisotopic (exact) mass is 251 g/mol. The second-order valence-corrected chi connectivity index (χ2v) is 3.46. The van der Waals surface area contributed by atoms with Crippen LogP contribution in [-0.4, -0.2) is 4.92 Å². The molecule has 0 N–H and O–H groups in total. The topological polar surface area (TPSA) is 52.4 Å². The molecule has 6 heteroatoms. The minimum Gasteiger partial charge on any atom is -0.457 e. The van der Waals surface area contributed by atoms with Crippen molar-refractivity contribution < 1.29 is 18.4 Å². The Balaban J connectivity index is 2.31. The van der Waals surface area contributed by atoms with E-state index >= 15 is 0 Å². The van der Waals surface area contributed by atoms with E-state index in [9.17, 15) is 18.9 Å². The van der Waals surface area contributed by atoms with Gasteiger partial charge in [0.25, 0.3) is 5.69 Å². The summed E-state index contributed by atoms with van der Waals surface area (Å²) >= 11 is 0. The van der Waals surface area contributed by atoms with E-state index < -0.39 is 22.2 Å². The maximum atomic E-state index is 13.1. The Morgan fingerprint density at radius 2 is 1.72 bits per heavy atom. The van der Waals surface area contributed by atoms with Crippen LogP contribution in [0.3, 0.4) is 0 Å². The van der Waals surface area contributed by atoms with Gasteiger partial charge in [-0.25, -0.2) is 8.78 Å². The highest BCUT2D eigenvalue weighted by molar-refractivity contribution is 5.41. The van der Waals surface area contributed by atoms with E-state index in [1.807, 2.05) is 0 Å². The molecule has 0 heterocycles. The number of hydrogen-bond acceptors (Lipinski definition) is 3. The number of nitro benzene ring substituents is 1. The first-order valence-electron chi connectivity index (χ1n) is 4.93. The highest BCUT2D eigenvalue weighted by Crippen LogP contribution is 2.26. The van der Waals surface area contributed by atoms with Crippen molar-refractivity contribution in [3.05, 3.63) is 64.2 Å². The fraction of sp³-hybridized carbons (Fsp3) is 0. The van der Waals surface area contributed by atoms with Crippen molar-refractivity contribution in [3.63, 3.8) is 0 Å². The Morgan fingerprint density at radius 1 is 1.00 bits per heavy atom. The second kappa shape index (κ2) is 4.79. The standard InChI is InChI=1S/C12H7F2NO3/c13-8-2-1-3-11(5-8)18-12-6-9(14)4-10(7-12)15(16)17/h1-7H. The van der Waals surface area contributed by atoms with Gasteiger partial charge in [-0.15, -0.1) is 0 Å². The number of nitrogens with zero attached hydrogens (tertiary/aromatic N) is 1. The van der Waals surface area contributed by atoms with Gasteiger partial charge in [0, 0.05) is 12.1 Å². The van der Waals surface area contributed by atoms with Crippen molar-refractivity contribution in [2.24, 2.45) is 0 Å². The van der Waals surface area contributed by atoms with Gasteiger partial charge in [0.05, 0.1) is 17.1 Å². The van der Waals surface area contributed by atoms with E-state index in [1.54, 1.807) is 0 Å². The van der Waals surface area contributed by atoms with Crippen LogP contribution in [0.5, 0.6) is 11.5 Å². The zero-order chi connectivity index (χ0) is 13.1. The lowest BCUT2D eigenvalue weighted by Crippen LogP contribution is -1.92. The van der Waals surface area contributed by atoms with Gasteiger partial charge in [-0.05, 0) is 12.1 Å². The van der Waals surface area contributed by atoms with Crippen LogP contribution in [0.1, 0.15) is 0 Å². The average Bonchev–Trinajstić information content (AvgIpc) is 2.28. The molecule has 0 radical (unpaired) electrons. The number of hydrogen-bond donors (Lipinski definition) is 0. The van der Waals surface area contributed by atoms with Gasteiger partial charge in [0.15, 0.2) is 0 Å². The van der Waals surface area contributed by atoms with Crippen molar-refractivity contribution in [1.82, 2.24) is 0 Å². The molecule has 0 spiro atoms. The lowest BCUT2D eigenvalue weighted by Gasteiger charge is -2.05. The summed E-state index contributed by atoms with van der Waals surface area (Å²) in [6.45, 7) is 0. The molecule has 4 nitrogen and oxygen atoms in total. The molecule has 2 aromatic carbocycles. The Labute approximate surface area is 101 Å². The van der Waals surface area contributed by atoms with Crippen molar-refractivity contribution in [2.75, 3.05) is 0 Å². The maximum Gasteiger partial charge on any atom is 0.276 e. The fourth-order valence-corrected chi connectivity index (χ4v) is 1.38.